The number of hydrogen-bond acceptors (Lipinski definition) is 0. The number of halogens is 2. The van der Waals surface area contributed by atoms with Crippen molar-refractivity contribution in [2.75, 3.05) is 0 Å². The lowest BCUT2D eigenvalue weighted by molar-refractivity contribution is 0.280. The molecule has 1 aliphatic heterocycles. The van der Waals surface area contributed by atoms with Gasteiger partial charge in [0.1, 0.15) is 5.82 Å². The quantitative estimate of drug-likeness (QED) is 0.364. The Bertz CT molecular complexity index is 817. The summed E-state index contributed by atoms with van der Waals surface area (Å²) in [5, 5.41) is 0.684. The molecule has 0 aromatic heterocycles. The molecule has 0 atom stereocenters. The molecule has 31 heavy (non-hydrogen) atoms. The van der Waals surface area contributed by atoms with Crippen molar-refractivity contribution in [2.24, 2.45) is 11.8 Å². The summed E-state index contributed by atoms with van der Waals surface area (Å²) in [6.45, 7) is 2.36. The standard InChI is InChI=1S/C28H38ClFSi/c1-2-17-31-18-15-22(16-19-31)4-3-21-5-7-23(8-6-21)25-11-14-27(28(30)20-25)24-9-12-26(29)13-10-24/h9-14,20-23,31H,2-8,15-19H2,1H3. The highest BCUT2D eigenvalue weighted by Gasteiger charge is 2.26. The highest BCUT2D eigenvalue weighted by Crippen LogP contribution is 2.40. The molecule has 168 valence electrons. The molecule has 0 unspecified atom stereocenters. The van der Waals surface area contributed by atoms with Gasteiger partial charge in [0.05, 0.1) is 0 Å². The fraction of sp³-hybridized carbons (Fsp3) is 0.571. The second-order valence-electron chi connectivity index (χ2n) is 10.2. The second-order valence-corrected chi connectivity index (χ2v) is 14.1. The van der Waals surface area contributed by atoms with Crippen LogP contribution in [0.1, 0.15) is 76.2 Å². The molecule has 1 saturated carbocycles. The zero-order valence-corrected chi connectivity index (χ0v) is 21.0. The van der Waals surface area contributed by atoms with Crippen LogP contribution in [0.25, 0.3) is 11.1 Å². The normalized spacial score (nSPS) is 26.7. The average Bonchev–Trinajstić information content (AvgIpc) is 2.80. The van der Waals surface area contributed by atoms with E-state index < -0.39 is 0 Å². The molecule has 1 saturated heterocycles. The van der Waals surface area contributed by atoms with Crippen molar-refractivity contribution in [3.8, 4) is 11.1 Å². The topological polar surface area (TPSA) is 0 Å². The fourth-order valence-electron chi connectivity index (χ4n) is 6.12. The number of rotatable bonds is 7. The van der Waals surface area contributed by atoms with Crippen molar-refractivity contribution in [1.29, 1.82) is 0 Å². The Morgan fingerprint density at radius 2 is 1.52 bits per heavy atom. The maximum Gasteiger partial charge on any atom is 0.131 e. The minimum atomic E-state index is -0.334. The van der Waals surface area contributed by atoms with Crippen LogP contribution < -0.4 is 0 Å². The van der Waals surface area contributed by atoms with Gasteiger partial charge in [-0.25, -0.2) is 4.39 Å². The van der Waals surface area contributed by atoms with Crippen LogP contribution in [0, 0.1) is 17.7 Å². The van der Waals surface area contributed by atoms with E-state index in [1.165, 1.54) is 63.4 Å². The summed E-state index contributed by atoms with van der Waals surface area (Å²) in [6.07, 6.45) is 12.5. The van der Waals surface area contributed by atoms with Crippen LogP contribution in [0.5, 0.6) is 0 Å². The summed E-state index contributed by atoms with van der Waals surface area (Å²) in [7, 11) is -0.334. The highest BCUT2D eigenvalue weighted by atomic mass is 35.5. The largest absolute Gasteiger partial charge is 0.206 e. The third-order valence-electron chi connectivity index (χ3n) is 8.11. The van der Waals surface area contributed by atoms with Gasteiger partial charge in [-0.15, -0.1) is 0 Å². The summed E-state index contributed by atoms with van der Waals surface area (Å²) < 4.78 is 14.8. The van der Waals surface area contributed by atoms with Gasteiger partial charge >= 0.3 is 0 Å². The van der Waals surface area contributed by atoms with Crippen molar-refractivity contribution in [2.45, 2.75) is 88.8 Å². The first-order valence-corrected chi connectivity index (χ1v) is 15.5. The number of benzene rings is 2. The van der Waals surface area contributed by atoms with Gasteiger partial charge < -0.3 is 0 Å². The Hall–Kier alpha value is -1.12. The van der Waals surface area contributed by atoms with E-state index in [0.717, 1.165) is 17.4 Å². The van der Waals surface area contributed by atoms with Gasteiger partial charge in [0.15, 0.2) is 0 Å². The summed E-state index contributed by atoms with van der Waals surface area (Å²) in [5.41, 5.74) is 2.75. The predicted molar refractivity (Wildman–Crippen MR) is 135 cm³/mol. The van der Waals surface area contributed by atoms with Crippen LogP contribution in [0.15, 0.2) is 42.5 Å². The Morgan fingerprint density at radius 3 is 2.13 bits per heavy atom. The van der Waals surface area contributed by atoms with Gasteiger partial charge in [-0.1, -0.05) is 93.0 Å². The van der Waals surface area contributed by atoms with Gasteiger partial charge in [0, 0.05) is 19.4 Å². The third-order valence-corrected chi connectivity index (χ3v) is 12.1. The van der Waals surface area contributed by atoms with Crippen LogP contribution in [0.4, 0.5) is 4.39 Å². The molecule has 1 heterocycles. The maximum atomic E-state index is 14.8. The lowest BCUT2D eigenvalue weighted by atomic mass is 9.76. The van der Waals surface area contributed by atoms with Crippen molar-refractivity contribution < 1.29 is 4.39 Å². The molecule has 2 fully saturated rings. The van der Waals surface area contributed by atoms with Crippen LogP contribution >= 0.6 is 11.6 Å². The average molecular weight is 457 g/mol. The molecular weight excluding hydrogens is 419 g/mol. The zero-order valence-electron chi connectivity index (χ0n) is 19.1. The molecule has 2 aliphatic rings. The maximum absolute atomic E-state index is 14.8. The first kappa shape index (κ1) is 23.0. The Morgan fingerprint density at radius 1 is 0.871 bits per heavy atom. The van der Waals surface area contributed by atoms with E-state index in [1.54, 1.807) is 24.2 Å². The Labute approximate surface area is 195 Å². The van der Waals surface area contributed by atoms with Crippen LogP contribution in [-0.4, -0.2) is 8.80 Å². The molecule has 0 spiro atoms. The summed E-state index contributed by atoms with van der Waals surface area (Å²) in [6, 6.07) is 18.1. The molecule has 2 aromatic carbocycles. The Balaban J connectivity index is 1.24. The smallest absolute Gasteiger partial charge is 0.131 e. The minimum absolute atomic E-state index is 0.107. The van der Waals surface area contributed by atoms with Gasteiger partial charge in [0.25, 0.3) is 0 Å². The molecule has 2 aromatic rings. The zero-order chi connectivity index (χ0) is 21.6. The van der Waals surface area contributed by atoms with E-state index in [-0.39, 0.29) is 14.6 Å². The summed E-state index contributed by atoms with van der Waals surface area (Å²) in [4.78, 5) is 0. The SMILES string of the molecule is CCC[SiH]1CCC(CCC2CCC(c3ccc(-c4ccc(Cl)cc4)c(F)c3)CC2)CC1. The summed E-state index contributed by atoms with van der Waals surface area (Å²) >= 11 is 5.97. The van der Waals surface area contributed by atoms with E-state index in [1.807, 2.05) is 30.3 Å². The lowest BCUT2D eigenvalue weighted by Crippen LogP contribution is -2.22. The molecular formula is C28H38ClFSi. The van der Waals surface area contributed by atoms with E-state index in [4.69, 9.17) is 11.6 Å². The van der Waals surface area contributed by atoms with Crippen molar-refractivity contribution in [3.05, 3.63) is 58.9 Å². The first-order valence-electron chi connectivity index (χ1n) is 12.7. The van der Waals surface area contributed by atoms with Crippen LogP contribution in [0.3, 0.4) is 0 Å². The molecule has 3 heteroatoms. The third kappa shape index (κ3) is 6.23. The van der Waals surface area contributed by atoms with E-state index >= 15 is 0 Å². The second kappa shape index (κ2) is 11.1. The first-order chi connectivity index (χ1) is 15.1. The molecule has 0 radical (unpaired) electrons. The van der Waals surface area contributed by atoms with Crippen LogP contribution in [0.2, 0.25) is 23.2 Å². The monoisotopic (exact) mass is 456 g/mol. The number of hydrogen-bond donors (Lipinski definition) is 0. The van der Waals surface area contributed by atoms with Crippen molar-refractivity contribution >= 4 is 20.4 Å². The van der Waals surface area contributed by atoms with E-state index in [2.05, 4.69) is 13.0 Å². The fourth-order valence-corrected chi connectivity index (χ4v) is 9.82. The van der Waals surface area contributed by atoms with E-state index in [9.17, 15) is 4.39 Å². The van der Waals surface area contributed by atoms with Gasteiger partial charge in [-0.05, 0) is 72.8 Å². The van der Waals surface area contributed by atoms with Gasteiger partial charge in [-0.3, -0.25) is 0 Å². The predicted octanol–water partition coefficient (Wildman–Crippen LogP) is 9.25. The van der Waals surface area contributed by atoms with Crippen LogP contribution in [-0.2, 0) is 0 Å². The van der Waals surface area contributed by atoms with E-state index in [0.29, 0.717) is 16.5 Å². The summed E-state index contributed by atoms with van der Waals surface area (Å²) in [5.74, 6) is 2.34. The van der Waals surface area contributed by atoms with Gasteiger partial charge in [-0.2, -0.15) is 0 Å². The lowest BCUT2D eigenvalue weighted by Gasteiger charge is -2.32. The molecule has 0 bridgehead atoms. The molecule has 0 nitrogen and oxygen atoms in total. The molecule has 0 N–H and O–H groups in total. The highest BCUT2D eigenvalue weighted by molar-refractivity contribution is 6.58. The molecule has 4 rings (SSSR count). The molecule has 0 amide bonds. The van der Waals surface area contributed by atoms with Crippen molar-refractivity contribution in [1.82, 2.24) is 0 Å². The molecule has 1 aliphatic carbocycles. The Kier molecular flexibility index (Phi) is 8.28. The van der Waals surface area contributed by atoms with Crippen molar-refractivity contribution in [3.63, 3.8) is 0 Å². The van der Waals surface area contributed by atoms with Gasteiger partial charge in [0.2, 0.25) is 0 Å². The minimum Gasteiger partial charge on any atom is -0.206 e.